The van der Waals surface area contributed by atoms with E-state index in [0.29, 0.717) is 12.2 Å². The summed E-state index contributed by atoms with van der Waals surface area (Å²) in [5.74, 6) is -0.531. The van der Waals surface area contributed by atoms with Gasteiger partial charge < -0.3 is 15.5 Å². The molecule has 2 N–H and O–H groups in total. The van der Waals surface area contributed by atoms with E-state index in [4.69, 9.17) is 5.73 Å². The van der Waals surface area contributed by atoms with Crippen molar-refractivity contribution in [2.24, 2.45) is 5.92 Å². The molecule has 0 saturated heterocycles. The zero-order valence-electron chi connectivity index (χ0n) is 14.5. The Bertz CT molecular complexity index is 593. The van der Waals surface area contributed by atoms with E-state index in [9.17, 15) is 18.0 Å². The molecule has 1 amide bonds. The molecule has 1 heterocycles. The number of amides is 1. The van der Waals surface area contributed by atoms with Gasteiger partial charge in [0.15, 0.2) is 0 Å². The monoisotopic (exact) mass is 379 g/mol. The van der Waals surface area contributed by atoms with Crippen LogP contribution in [0, 0.1) is 5.92 Å². The van der Waals surface area contributed by atoms with E-state index in [1.54, 1.807) is 26.0 Å². The highest BCUT2D eigenvalue weighted by Gasteiger charge is 2.34. The van der Waals surface area contributed by atoms with Crippen LogP contribution in [0.3, 0.4) is 0 Å². The lowest BCUT2D eigenvalue weighted by molar-refractivity contribution is -0.161. The Morgan fingerprint density at radius 1 is 1.36 bits per heavy atom. The number of alkyl halides is 3. The molecular formula is C17H25ClF3N3O. The largest absolute Gasteiger partial charge is 0.406 e. The Labute approximate surface area is 152 Å². The molecule has 0 radical (unpaired) electrons. The molecule has 8 heteroatoms. The first kappa shape index (κ1) is 21.4. The molecule has 25 heavy (non-hydrogen) atoms. The van der Waals surface area contributed by atoms with Gasteiger partial charge in [-0.1, -0.05) is 19.9 Å². The summed E-state index contributed by atoms with van der Waals surface area (Å²) in [6, 6.07) is 5.48. The van der Waals surface area contributed by atoms with Crippen LogP contribution in [0.4, 0.5) is 24.5 Å². The minimum atomic E-state index is -4.39. The summed E-state index contributed by atoms with van der Waals surface area (Å²) in [4.78, 5) is 15.2. The lowest BCUT2D eigenvalue weighted by Gasteiger charge is -2.34. The SMILES string of the molecule is CC(C)CN(CC(F)(F)F)C(=O)CN1CCCc2c(N)cccc21.Cl. The topological polar surface area (TPSA) is 49.6 Å². The molecule has 0 aliphatic carbocycles. The zero-order chi connectivity index (χ0) is 17.9. The van der Waals surface area contributed by atoms with Crippen LogP contribution in [0.1, 0.15) is 25.8 Å². The Hall–Kier alpha value is -1.63. The van der Waals surface area contributed by atoms with Gasteiger partial charge in [-0.15, -0.1) is 12.4 Å². The van der Waals surface area contributed by atoms with Crippen molar-refractivity contribution < 1.29 is 18.0 Å². The number of halogens is 4. The molecule has 1 aliphatic rings. The second-order valence-corrected chi connectivity index (χ2v) is 6.65. The zero-order valence-corrected chi connectivity index (χ0v) is 15.3. The fourth-order valence-electron chi connectivity index (χ4n) is 3.07. The maximum absolute atomic E-state index is 12.8. The summed E-state index contributed by atoms with van der Waals surface area (Å²) in [6.45, 7) is 3.07. The van der Waals surface area contributed by atoms with E-state index in [-0.39, 0.29) is 31.4 Å². The van der Waals surface area contributed by atoms with Gasteiger partial charge in [-0.2, -0.15) is 13.2 Å². The summed E-state index contributed by atoms with van der Waals surface area (Å²) in [6.07, 6.45) is -2.74. The van der Waals surface area contributed by atoms with Gasteiger partial charge in [0.1, 0.15) is 6.54 Å². The molecule has 1 aromatic carbocycles. The first-order chi connectivity index (χ1) is 11.2. The molecule has 1 aliphatic heterocycles. The van der Waals surface area contributed by atoms with E-state index in [1.807, 2.05) is 11.0 Å². The number of nitrogens with zero attached hydrogens (tertiary/aromatic N) is 2. The van der Waals surface area contributed by atoms with Crippen LogP contribution in [0.5, 0.6) is 0 Å². The summed E-state index contributed by atoms with van der Waals surface area (Å²) in [7, 11) is 0. The van der Waals surface area contributed by atoms with Crippen molar-refractivity contribution in [3.63, 3.8) is 0 Å². The number of benzene rings is 1. The van der Waals surface area contributed by atoms with Gasteiger partial charge in [0.05, 0.1) is 6.54 Å². The number of hydrogen-bond donors (Lipinski definition) is 1. The van der Waals surface area contributed by atoms with Crippen molar-refractivity contribution >= 4 is 29.7 Å². The van der Waals surface area contributed by atoms with Gasteiger partial charge in [-0.3, -0.25) is 4.79 Å². The molecule has 0 aromatic heterocycles. The predicted octanol–water partition coefficient (Wildman–Crippen LogP) is 3.49. The minimum absolute atomic E-state index is 0. The molecule has 0 saturated carbocycles. The van der Waals surface area contributed by atoms with E-state index < -0.39 is 18.6 Å². The number of nitrogens with two attached hydrogens (primary N) is 1. The average molecular weight is 380 g/mol. The van der Waals surface area contributed by atoms with Gasteiger partial charge in [-0.25, -0.2) is 0 Å². The highest BCUT2D eigenvalue weighted by molar-refractivity contribution is 5.85. The fraction of sp³-hybridized carbons (Fsp3) is 0.588. The third-order valence-electron chi connectivity index (χ3n) is 4.02. The first-order valence-electron chi connectivity index (χ1n) is 8.14. The number of carbonyl (C=O) groups excluding carboxylic acids is 1. The molecular weight excluding hydrogens is 355 g/mol. The lowest BCUT2D eigenvalue weighted by atomic mass is 10.00. The van der Waals surface area contributed by atoms with Crippen LogP contribution in [0.15, 0.2) is 18.2 Å². The number of carbonyl (C=O) groups is 1. The van der Waals surface area contributed by atoms with Crippen LogP contribution >= 0.6 is 12.4 Å². The molecule has 1 aromatic rings. The van der Waals surface area contributed by atoms with Crippen molar-refractivity contribution in [3.8, 4) is 0 Å². The lowest BCUT2D eigenvalue weighted by Crippen LogP contribution is -2.47. The van der Waals surface area contributed by atoms with E-state index in [2.05, 4.69) is 0 Å². The maximum atomic E-state index is 12.8. The van der Waals surface area contributed by atoms with Gasteiger partial charge in [-0.05, 0) is 36.5 Å². The second-order valence-electron chi connectivity index (χ2n) is 6.65. The number of nitrogen functional groups attached to an aromatic ring is 1. The molecule has 2 rings (SSSR count). The van der Waals surface area contributed by atoms with Gasteiger partial charge in [0, 0.05) is 24.5 Å². The van der Waals surface area contributed by atoms with Crippen LogP contribution in [-0.2, 0) is 11.2 Å². The summed E-state index contributed by atoms with van der Waals surface area (Å²) >= 11 is 0. The van der Waals surface area contributed by atoms with Gasteiger partial charge in [0.2, 0.25) is 5.91 Å². The highest BCUT2D eigenvalue weighted by atomic mass is 35.5. The van der Waals surface area contributed by atoms with Crippen molar-refractivity contribution in [1.82, 2.24) is 4.90 Å². The van der Waals surface area contributed by atoms with Crippen LogP contribution in [-0.4, -0.2) is 43.2 Å². The number of hydrogen-bond acceptors (Lipinski definition) is 3. The number of fused-ring (bicyclic) bond motifs is 1. The molecule has 0 atom stereocenters. The van der Waals surface area contributed by atoms with E-state index in [0.717, 1.165) is 29.0 Å². The summed E-state index contributed by atoms with van der Waals surface area (Å²) < 4.78 is 38.3. The van der Waals surface area contributed by atoms with Crippen molar-refractivity contribution in [2.45, 2.75) is 32.9 Å². The molecule has 0 bridgehead atoms. The Balaban J connectivity index is 0.00000312. The third-order valence-corrected chi connectivity index (χ3v) is 4.02. The molecule has 0 fully saturated rings. The second kappa shape index (κ2) is 8.65. The number of anilines is 2. The van der Waals surface area contributed by atoms with E-state index in [1.165, 1.54) is 0 Å². The highest BCUT2D eigenvalue weighted by Crippen LogP contribution is 2.31. The molecule has 4 nitrogen and oxygen atoms in total. The summed E-state index contributed by atoms with van der Waals surface area (Å²) in [5.41, 5.74) is 8.47. The van der Waals surface area contributed by atoms with Crippen molar-refractivity contribution in [1.29, 1.82) is 0 Å². The van der Waals surface area contributed by atoms with Crippen molar-refractivity contribution in [2.75, 3.05) is 36.8 Å². The minimum Gasteiger partial charge on any atom is -0.398 e. The average Bonchev–Trinajstić information content (AvgIpc) is 2.45. The van der Waals surface area contributed by atoms with Crippen LogP contribution in [0.2, 0.25) is 0 Å². The first-order valence-corrected chi connectivity index (χ1v) is 8.14. The van der Waals surface area contributed by atoms with Crippen molar-refractivity contribution in [3.05, 3.63) is 23.8 Å². The normalized spacial score (nSPS) is 14.1. The predicted molar refractivity (Wildman–Crippen MR) is 96.1 cm³/mol. The van der Waals surface area contributed by atoms with Gasteiger partial charge >= 0.3 is 6.18 Å². The number of rotatable bonds is 5. The van der Waals surface area contributed by atoms with Gasteiger partial charge in [0.25, 0.3) is 0 Å². The fourth-order valence-corrected chi connectivity index (χ4v) is 3.07. The maximum Gasteiger partial charge on any atom is 0.406 e. The van der Waals surface area contributed by atoms with Crippen LogP contribution < -0.4 is 10.6 Å². The van der Waals surface area contributed by atoms with E-state index >= 15 is 0 Å². The Morgan fingerprint density at radius 3 is 2.64 bits per heavy atom. The standard InChI is InChI=1S/C17H24F3N3O.ClH/c1-12(2)9-23(11-17(18,19)20)16(24)10-22-8-4-5-13-14(21)6-3-7-15(13)22;/h3,6-7,12H,4-5,8-11,21H2,1-2H3;1H. The Kier molecular flexibility index (Phi) is 7.41. The van der Waals surface area contributed by atoms with Crippen LogP contribution in [0.25, 0.3) is 0 Å². The summed E-state index contributed by atoms with van der Waals surface area (Å²) in [5, 5.41) is 0. The third kappa shape index (κ3) is 5.99. The molecule has 0 spiro atoms. The molecule has 0 unspecified atom stereocenters. The Morgan fingerprint density at radius 2 is 2.04 bits per heavy atom. The quantitative estimate of drug-likeness (QED) is 0.797. The smallest absolute Gasteiger partial charge is 0.398 e. The molecule has 142 valence electrons.